The summed E-state index contributed by atoms with van der Waals surface area (Å²) in [7, 11) is 0. The van der Waals surface area contributed by atoms with E-state index in [-0.39, 0.29) is 11.2 Å². The van der Waals surface area contributed by atoms with Gasteiger partial charge in [-0.3, -0.25) is 10.2 Å². The molecule has 2 N–H and O–H groups in total. The first-order chi connectivity index (χ1) is 17.1. The molecular formula is C26H23ClFN7. The van der Waals surface area contributed by atoms with E-state index in [9.17, 15) is 4.39 Å². The van der Waals surface area contributed by atoms with E-state index >= 15 is 0 Å². The number of fused-ring (bicyclic) bond motifs is 3. The Bertz CT molecular complexity index is 1590. The van der Waals surface area contributed by atoms with Gasteiger partial charge in [-0.1, -0.05) is 36.7 Å². The summed E-state index contributed by atoms with van der Waals surface area (Å²) in [5, 5.41) is 15.9. The normalized spacial score (nSPS) is 23.7. The van der Waals surface area contributed by atoms with Crippen molar-refractivity contribution < 1.29 is 4.39 Å². The summed E-state index contributed by atoms with van der Waals surface area (Å²) in [6.07, 6.45) is 5.47. The minimum Gasteiger partial charge on any atom is -0.355 e. The first kappa shape index (κ1) is 20.8. The van der Waals surface area contributed by atoms with Gasteiger partial charge < -0.3 is 4.90 Å². The fourth-order valence-corrected chi connectivity index (χ4v) is 6.75. The number of hydrogen-bond acceptors (Lipinski definition) is 5. The molecule has 3 aromatic heterocycles. The van der Waals surface area contributed by atoms with Gasteiger partial charge in [-0.05, 0) is 48.4 Å². The minimum atomic E-state index is -0.0900. The van der Waals surface area contributed by atoms with Crippen molar-refractivity contribution in [2.75, 3.05) is 18.0 Å². The monoisotopic (exact) mass is 487 g/mol. The van der Waals surface area contributed by atoms with Crippen LogP contribution in [0.2, 0.25) is 5.02 Å². The van der Waals surface area contributed by atoms with Crippen molar-refractivity contribution >= 4 is 39.5 Å². The average Bonchev–Trinajstić information content (AvgIpc) is 3.18. The molecule has 35 heavy (non-hydrogen) atoms. The molecule has 1 aliphatic heterocycles. The molecule has 176 valence electrons. The molecule has 2 aromatic carbocycles. The lowest BCUT2D eigenvalue weighted by Gasteiger charge is -2.26. The number of piperidine rings is 1. The highest BCUT2D eigenvalue weighted by Crippen LogP contribution is 2.65. The van der Waals surface area contributed by atoms with Crippen LogP contribution in [0.4, 0.5) is 10.2 Å². The van der Waals surface area contributed by atoms with Crippen LogP contribution in [0.15, 0.2) is 48.8 Å². The van der Waals surface area contributed by atoms with Crippen molar-refractivity contribution in [2.45, 2.75) is 25.2 Å². The Labute approximate surface area is 205 Å². The summed E-state index contributed by atoms with van der Waals surface area (Å²) in [6.45, 7) is 3.89. The van der Waals surface area contributed by atoms with Gasteiger partial charge in [0.05, 0.1) is 28.6 Å². The van der Waals surface area contributed by atoms with Crippen LogP contribution in [0.3, 0.4) is 0 Å². The number of hydrogen-bond donors (Lipinski definition) is 2. The van der Waals surface area contributed by atoms with Gasteiger partial charge in [0.25, 0.3) is 0 Å². The SMILES string of the molecule is CC[C@]1(c2ccccc2F)[C@@H]2CCN(c3cnc4c(-c5ccc6[nH]ncc6c5Cl)[nH]nc4n3)C[C@@H]21. The van der Waals surface area contributed by atoms with Crippen LogP contribution in [0.1, 0.15) is 25.3 Å². The fourth-order valence-electron chi connectivity index (χ4n) is 6.44. The predicted octanol–water partition coefficient (Wildman–Crippen LogP) is 5.49. The Morgan fingerprint density at radius 1 is 1.14 bits per heavy atom. The molecular weight excluding hydrogens is 465 g/mol. The molecule has 9 heteroatoms. The third-order valence-electron chi connectivity index (χ3n) is 8.19. The summed E-state index contributed by atoms with van der Waals surface area (Å²) < 4.78 is 14.7. The number of anilines is 1. The third kappa shape index (κ3) is 2.89. The molecule has 0 bridgehead atoms. The molecule has 0 spiro atoms. The lowest BCUT2D eigenvalue weighted by molar-refractivity contribution is 0.516. The zero-order valence-corrected chi connectivity index (χ0v) is 19.8. The number of nitrogens with zero attached hydrogens (tertiary/aromatic N) is 5. The van der Waals surface area contributed by atoms with Gasteiger partial charge in [0.15, 0.2) is 0 Å². The van der Waals surface area contributed by atoms with Gasteiger partial charge in [0.2, 0.25) is 5.65 Å². The molecule has 1 aliphatic carbocycles. The number of rotatable bonds is 4. The number of H-pyrrole nitrogens is 2. The number of benzene rings is 2. The molecule has 2 aliphatic rings. The lowest BCUT2D eigenvalue weighted by atomic mass is 9.88. The highest BCUT2D eigenvalue weighted by Gasteiger charge is 2.65. The van der Waals surface area contributed by atoms with Crippen LogP contribution >= 0.6 is 11.6 Å². The Balaban J connectivity index is 1.20. The smallest absolute Gasteiger partial charge is 0.202 e. The van der Waals surface area contributed by atoms with E-state index in [1.165, 1.54) is 0 Å². The van der Waals surface area contributed by atoms with Crippen LogP contribution in [-0.4, -0.2) is 43.5 Å². The quantitative estimate of drug-likeness (QED) is 0.350. The summed E-state index contributed by atoms with van der Waals surface area (Å²) in [4.78, 5) is 11.8. The van der Waals surface area contributed by atoms with E-state index in [4.69, 9.17) is 21.6 Å². The van der Waals surface area contributed by atoms with E-state index in [1.54, 1.807) is 18.3 Å². The van der Waals surface area contributed by atoms with Crippen LogP contribution in [0.5, 0.6) is 0 Å². The molecule has 0 amide bonds. The van der Waals surface area contributed by atoms with Gasteiger partial charge in [-0.25, -0.2) is 14.4 Å². The molecule has 1 saturated heterocycles. The van der Waals surface area contributed by atoms with Crippen LogP contribution < -0.4 is 4.90 Å². The van der Waals surface area contributed by atoms with E-state index in [2.05, 4.69) is 32.2 Å². The Morgan fingerprint density at radius 2 is 2.03 bits per heavy atom. The van der Waals surface area contributed by atoms with E-state index in [0.717, 1.165) is 59.5 Å². The van der Waals surface area contributed by atoms with Crippen molar-refractivity contribution in [1.82, 2.24) is 30.4 Å². The molecule has 7 rings (SSSR count). The van der Waals surface area contributed by atoms with Crippen LogP contribution in [-0.2, 0) is 5.41 Å². The van der Waals surface area contributed by atoms with Gasteiger partial charge in [-0.2, -0.15) is 10.2 Å². The van der Waals surface area contributed by atoms with Gasteiger partial charge in [0, 0.05) is 29.5 Å². The minimum absolute atomic E-state index is 0.0837. The van der Waals surface area contributed by atoms with Crippen molar-refractivity contribution in [3.63, 3.8) is 0 Å². The maximum Gasteiger partial charge on any atom is 0.202 e. The van der Waals surface area contributed by atoms with Gasteiger partial charge in [-0.15, -0.1) is 0 Å². The Hall–Kier alpha value is -3.52. The van der Waals surface area contributed by atoms with Gasteiger partial charge in [0.1, 0.15) is 17.2 Å². The average molecular weight is 488 g/mol. The fraction of sp³-hybridized carbons (Fsp3) is 0.308. The van der Waals surface area contributed by atoms with Crippen molar-refractivity contribution in [3.8, 4) is 11.3 Å². The second-order valence-corrected chi connectivity index (χ2v) is 9.96. The standard InChI is InChI=1S/C26H23ClFN7/c1-2-26(17-5-3-4-6-19(17)28)16-9-10-35(13-18(16)26)21-12-29-24-23(33-34-25(24)31-21)14-7-8-20-15(22(14)27)11-30-32-20/h3-8,11-12,16,18H,2,9-10,13H2,1H3,(H,30,32)(H,31,33,34)/t16-,18+,26-/m1/s1. The highest BCUT2D eigenvalue weighted by atomic mass is 35.5. The van der Waals surface area contributed by atoms with E-state index < -0.39 is 0 Å². The number of nitrogens with one attached hydrogen (secondary N) is 2. The predicted molar refractivity (Wildman–Crippen MR) is 134 cm³/mol. The molecule has 2 fully saturated rings. The number of halogens is 2. The van der Waals surface area contributed by atoms with Crippen LogP contribution in [0.25, 0.3) is 33.3 Å². The second-order valence-electron chi connectivity index (χ2n) is 9.58. The first-order valence-electron chi connectivity index (χ1n) is 11.9. The lowest BCUT2D eigenvalue weighted by Crippen LogP contribution is -2.32. The summed E-state index contributed by atoms with van der Waals surface area (Å²) in [6, 6.07) is 11.1. The Morgan fingerprint density at radius 3 is 2.89 bits per heavy atom. The van der Waals surface area contributed by atoms with Crippen LogP contribution in [0, 0.1) is 17.7 Å². The summed E-state index contributed by atoms with van der Waals surface area (Å²) in [5.41, 5.74) is 4.42. The van der Waals surface area contributed by atoms with Crippen molar-refractivity contribution in [3.05, 3.63) is 65.2 Å². The van der Waals surface area contributed by atoms with Crippen molar-refractivity contribution in [1.29, 1.82) is 0 Å². The first-order valence-corrected chi connectivity index (χ1v) is 12.3. The summed E-state index contributed by atoms with van der Waals surface area (Å²) in [5.74, 6) is 1.63. The highest BCUT2D eigenvalue weighted by molar-refractivity contribution is 6.38. The summed E-state index contributed by atoms with van der Waals surface area (Å²) >= 11 is 6.66. The Kier molecular flexibility index (Phi) is 4.45. The third-order valence-corrected chi connectivity index (χ3v) is 8.60. The number of aromatic nitrogens is 6. The molecule has 4 heterocycles. The molecule has 1 saturated carbocycles. The maximum atomic E-state index is 14.7. The molecule has 7 nitrogen and oxygen atoms in total. The zero-order valence-electron chi connectivity index (χ0n) is 19.1. The molecule has 0 unspecified atom stereocenters. The largest absolute Gasteiger partial charge is 0.355 e. The zero-order chi connectivity index (χ0) is 23.7. The topological polar surface area (TPSA) is 86.4 Å². The molecule has 5 aromatic rings. The maximum absolute atomic E-state index is 14.7. The van der Waals surface area contributed by atoms with E-state index in [1.807, 2.05) is 30.5 Å². The van der Waals surface area contributed by atoms with Gasteiger partial charge >= 0.3 is 0 Å². The number of aromatic amines is 2. The van der Waals surface area contributed by atoms with Crippen molar-refractivity contribution in [2.24, 2.45) is 11.8 Å². The molecule has 3 atom stereocenters. The molecule has 0 radical (unpaired) electrons. The van der Waals surface area contributed by atoms with E-state index in [0.29, 0.717) is 28.0 Å². The second kappa shape index (κ2) is 7.49.